The number of nitrogens with one attached hydrogen (secondary N) is 1. The third-order valence-electron chi connectivity index (χ3n) is 6.13. The SMILES string of the molecule is CCOCCCn1c(NC(=O)C2CC(=O)N(c3cccc(C)c3C)C2)nc2ccccc21. The number of anilines is 2. The minimum absolute atomic E-state index is 0.0240. The van der Waals surface area contributed by atoms with Crippen LogP contribution >= 0.6 is 0 Å². The number of imidazole rings is 1. The number of benzene rings is 2. The molecular formula is C25H30N4O3. The van der Waals surface area contributed by atoms with Gasteiger partial charge in [0.05, 0.1) is 17.0 Å². The van der Waals surface area contributed by atoms with Crippen LogP contribution in [0.25, 0.3) is 11.0 Å². The predicted molar refractivity (Wildman–Crippen MR) is 126 cm³/mol. The minimum atomic E-state index is -0.418. The van der Waals surface area contributed by atoms with Crippen molar-refractivity contribution >= 4 is 34.5 Å². The lowest BCUT2D eigenvalue weighted by Gasteiger charge is -2.20. The number of carbonyl (C=O) groups is 2. The van der Waals surface area contributed by atoms with Crippen LogP contribution in [0.1, 0.15) is 30.9 Å². The van der Waals surface area contributed by atoms with Gasteiger partial charge in [-0.15, -0.1) is 0 Å². The zero-order chi connectivity index (χ0) is 22.7. The lowest BCUT2D eigenvalue weighted by Crippen LogP contribution is -2.29. The topological polar surface area (TPSA) is 76.5 Å². The van der Waals surface area contributed by atoms with Crippen LogP contribution < -0.4 is 10.2 Å². The van der Waals surface area contributed by atoms with Gasteiger partial charge in [0, 0.05) is 38.4 Å². The molecule has 1 atom stereocenters. The zero-order valence-electron chi connectivity index (χ0n) is 18.9. The monoisotopic (exact) mass is 434 g/mol. The Balaban J connectivity index is 1.51. The maximum atomic E-state index is 13.1. The van der Waals surface area contributed by atoms with Crippen molar-refractivity contribution in [2.75, 3.05) is 30.0 Å². The molecule has 2 amide bonds. The molecule has 1 N–H and O–H groups in total. The highest BCUT2D eigenvalue weighted by Crippen LogP contribution is 2.30. The van der Waals surface area contributed by atoms with Crippen LogP contribution in [0, 0.1) is 19.8 Å². The lowest BCUT2D eigenvalue weighted by molar-refractivity contribution is -0.122. The van der Waals surface area contributed by atoms with E-state index in [1.807, 2.05) is 67.8 Å². The summed E-state index contributed by atoms with van der Waals surface area (Å²) in [6, 6.07) is 13.8. The van der Waals surface area contributed by atoms with Crippen LogP contribution in [0.4, 0.5) is 11.6 Å². The van der Waals surface area contributed by atoms with E-state index in [0.29, 0.717) is 32.3 Å². The molecule has 1 unspecified atom stereocenters. The van der Waals surface area contributed by atoms with Crippen molar-refractivity contribution < 1.29 is 14.3 Å². The summed E-state index contributed by atoms with van der Waals surface area (Å²) in [6.07, 6.45) is 1.02. The van der Waals surface area contributed by atoms with E-state index in [9.17, 15) is 9.59 Å². The number of ether oxygens (including phenoxy) is 1. The van der Waals surface area contributed by atoms with Gasteiger partial charge in [-0.1, -0.05) is 24.3 Å². The number of para-hydroxylation sites is 2. The Morgan fingerprint density at radius 3 is 2.81 bits per heavy atom. The van der Waals surface area contributed by atoms with E-state index in [0.717, 1.165) is 34.3 Å². The first-order chi connectivity index (χ1) is 15.5. The number of hydrogen-bond acceptors (Lipinski definition) is 4. The fraction of sp³-hybridized carbons (Fsp3) is 0.400. The summed E-state index contributed by atoms with van der Waals surface area (Å²) in [5, 5.41) is 2.99. The molecule has 2 aromatic carbocycles. The van der Waals surface area contributed by atoms with Crippen LogP contribution in [-0.2, 0) is 20.9 Å². The van der Waals surface area contributed by atoms with Gasteiger partial charge in [0.2, 0.25) is 17.8 Å². The summed E-state index contributed by atoms with van der Waals surface area (Å²) >= 11 is 0. The van der Waals surface area contributed by atoms with Crippen molar-refractivity contribution in [1.82, 2.24) is 9.55 Å². The molecule has 168 valence electrons. The quantitative estimate of drug-likeness (QED) is 0.542. The smallest absolute Gasteiger partial charge is 0.232 e. The highest BCUT2D eigenvalue weighted by Gasteiger charge is 2.36. The average molecular weight is 435 g/mol. The molecule has 1 saturated heterocycles. The second kappa shape index (κ2) is 9.53. The fourth-order valence-corrected chi connectivity index (χ4v) is 4.22. The maximum Gasteiger partial charge on any atom is 0.232 e. The standard InChI is InChI=1S/C25H30N4O3/c1-4-32-14-8-13-28-22-11-6-5-10-20(22)26-25(28)27-24(31)19-15-23(30)29(16-19)21-12-7-9-17(2)18(21)3/h5-7,9-12,19H,4,8,13-16H2,1-3H3,(H,26,27,31). The van der Waals surface area contributed by atoms with Crippen molar-refractivity contribution in [3.63, 3.8) is 0 Å². The Morgan fingerprint density at radius 1 is 1.19 bits per heavy atom. The summed E-state index contributed by atoms with van der Waals surface area (Å²) in [7, 11) is 0. The van der Waals surface area contributed by atoms with Gasteiger partial charge in [0.15, 0.2) is 0 Å². The Kier molecular flexibility index (Phi) is 6.55. The number of amides is 2. The van der Waals surface area contributed by atoms with Gasteiger partial charge in [0.25, 0.3) is 0 Å². The molecule has 32 heavy (non-hydrogen) atoms. The molecule has 1 aromatic heterocycles. The largest absolute Gasteiger partial charge is 0.382 e. The van der Waals surface area contributed by atoms with Gasteiger partial charge < -0.3 is 14.2 Å². The van der Waals surface area contributed by atoms with Crippen LogP contribution in [0.15, 0.2) is 42.5 Å². The van der Waals surface area contributed by atoms with Gasteiger partial charge in [-0.2, -0.15) is 0 Å². The van der Waals surface area contributed by atoms with Gasteiger partial charge in [-0.05, 0) is 56.5 Å². The average Bonchev–Trinajstić information content (AvgIpc) is 3.33. The van der Waals surface area contributed by atoms with Gasteiger partial charge >= 0.3 is 0 Å². The predicted octanol–water partition coefficient (Wildman–Crippen LogP) is 4.07. The maximum absolute atomic E-state index is 13.1. The molecule has 7 nitrogen and oxygen atoms in total. The van der Waals surface area contributed by atoms with Crippen molar-refractivity contribution in [3.05, 3.63) is 53.6 Å². The van der Waals surface area contributed by atoms with Gasteiger partial charge in [-0.25, -0.2) is 4.98 Å². The summed E-state index contributed by atoms with van der Waals surface area (Å²) in [6.45, 7) is 8.41. The fourth-order valence-electron chi connectivity index (χ4n) is 4.22. The van der Waals surface area contributed by atoms with Crippen LogP contribution in [0.3, 0.4) is 0 Å². The molecule has 0 bridgehead atoms. The molecule has 0 aliphatic carbocycles. The van der Waals surface area contributed by atoms with Crippen molar-refractivity contribution in [2.45, 2.75) is 40.2 Å². The van der Waals surface area contributed by atoms with Crippen molar-refractivity contribution in [3.8, 4) is 0 Å². The molecular weight excluding hydrogens is 404 g/mol. The number of aromatic nitrogens is 2. The van der Waals surface area contributed by atoms with Crippen LogP contribution in [-0.4, -0.2) is 41.1 Å². The summed E-state index contributed by atoms with van der Waals surface area (Å²) in [4.78, 5) is 32.2. The molecule has 0 saturated carbocycles. The second-order valence-electron chi connectivity index (χ2n) is 8.24. The molecule has 7 heteroatoms. The summed E-state index contributed by atoms with van der Waals surface area (Å²) < 4.78 is 7.48. The third-order valence-corrected chi connectivity index (χ3v) is 6.13. The van der Waals surface area contributed by atoms with E-state index in [-0.39, 0.29) is 18.2 Å². The van der Waals surface area contributed by atoms with Gasteiger partial charge in [0.1, 0.15) is 0 Å². The van der Waals surface area contributed by atoms with Crippen molar-refractivity contribution in [1.29, 1.82) is 0 Å². The first-order valence-corrected chi connectivity index (χ1v) is 11.2. The number of carbonyl (C=O) groups excluding carboxylic acids is 2. The Hall–Kier alpha value is -3.19. The molecule has 0 spiro atoms. The number of hydrogen-bond donors (Lipinski definition) is 1. The minimum Gasteiger partial charge on any atom is -0.382 e. The number of aryl methyl sites for hydroxylation is 2. The highest BCUT2D eigenvalue weighted by molar-refractivity contribution is 6.03. The third kappa shape index (κ3) is 4.39. The van der Waals surface area contributed by atoms with E-state index >= 15 is 0 Å². The second-order valence-corrected chi connectivity index (χ2v) is 8.24. The molecule has 2 heterocycles. The Labute approximate surface area is 188 Å². The van der Waals surface area contributed by atoms with Crippen molar-refractivity contribution in [2.24, 2.45) is 5.92 Å². The summed E-state index contributed by atoms with van der Waals surface area (Å²) in [5.74, 6) is -0.0963. The van der Waals surface area contributed by atoms with Crippen LogP contribution in [0.5, 0.6) is 0 Å². The van der Waals surface area contributed by atoms with E-state index in [2.05, 4.69) is 10.3 Å². The molecule has 0 radical (unpaired) electrons. The molecule has 1 fully saturated rings. The first kappa shape index (κ1) is 22.0. The van der Waals surface area contributed by atoms with E-state index in [1.165, 1.54) is 0 Å². The van der Waals surface area contributed by atoms with Gasteiger partial charge in [-0.3, -0.25) is 14.9 Å². The van der Waals surface area contributed by atoms with E-state index < -0.39 is 5.92 Å². The molecule has 4 rings (SSSR count). The number of fused-ring (bicyclic) bond motifs is 1. The van der Waals surface area contributed by atoms with E-state index in [1.54, 1.807) is 4.90 Å². The normalized spacial score (nSPS) is 16.2. The van der Waals surface area contributed by atoms with E-state index in [4.69, 9.17) is 4.74 Å². The number of rotatable bonds is 8. The lowest BCUT2D eigenvalue weighted by atomic mass is 10.1. The van der Waals surface area contributed by atoms with Crippen LogP contribution in [0.2, 0.25) is 0 Å². The molecule has 1 aliphatic rings. The zero-order valence-corrected chi connectivity index (χ0v) is 18.9. The number of nitrogens with zero attached hydrogens (tertiary/aromatic N) is 3. The molecule has 1 aliphatic heterocycles. The Morgan fingerprint density at radius 2 is 2.00 bits per heavy atom. The molecule has 3 aromatic rings. The first-order valence-electron chi connectivity index (χ1n) is 11.2. The summed E-state index contributed by atoms with van der Waals surface area (Å²) in [5.41, 5.74) is 4.88. The Bertz CT molecular complexity index is 1140. The highest BCUT2D eigenvalue weighted by atomic mass is 16.5.